The molecule has 1 fully saturated rings. The number of allylic oxidation sites excluding steroid dienone is 12. The highest BCUT2D eigenvalue weighted by atomic mass is 32.2. The van der Waals surface area contributed by atoms with Crippen LogP contribution in [-0.2, 0) is 41.5 Å². The van der Waals surface area contributed by atoms with Crippen molar-refractivity contribution in [3.63, 3.8) is 0 Å². The summed E-state index contributed by atoms with van der Waals surface area (Å²) < 4.78 is 21.5. The molecule has 2 aromatic rings. The number of rotatable bonds is 17. The molecule has 0 saturated carbocycles. The van der Waals surface area contributed by atoms with Crippen LogP contribution in [0.5, 0.6) is 11.5 Å². The molecule has 0 N–H and O–H groups in total. The summed E-state index contributed by atoms with van der Waals surface area (Å²) in [4.78, 5) is 49.2. The summed E-state index contributed by atoms with van der Waals surface area (Å²) in [5.41, 5.74) is 3.09. The van der Waals surface area contributed by atoms with Gasteiger partial charge in [0.1, 0.15) is 24.7 Å². The highest BCUT2D eigenvalue weighted by Gasteiger charge is 2.25. The number of hydrogen-bond donors (Lipinski definition) is 0. The molecule has 0 aliphatic carbocycles. The van der Waals surface area contributed by atoms with Crippen molar-refractivity contribution in [3.8, 4) is 11.5 Å². The van der Waals surface area contributed by atoms with E-state index in [4.69, 9.17) is 18.9 Å². The third kappa shape index (κ3) is 19.0. The number of piperidine rings is 1. The van der Waals surface area contributed by atoms with Crippen LogP contribution in [0.1, 0.15) is 44.2 Å². The van der Waals surface area contributed by atoms with Crippen LogP contribution in [0.3, 0.4) is 0 Å². The highest BCUT2D eigenvalue weighted by Crippen LogP contribution is 2.33. The lowest BCUT2D eigenvalue weighted by Gasteiger charge is -2.30. The third-order valence-electron chi connectivity index (χ3n) is 8.83. The van der Waals surface area contributed by atoms with Crippen LogP contribution in [0, 0.1) is 0 Å². The fourth-order valence-corrected chi connectivity index (χ4v) is 7.48. The highest BCUT2D eigenvalue weighted by molar-refractivity contribution is 8.15. The third-order valence-corrected chi connectivity index (χ3v) is 10.7. The zero-order chi connectivity index (χ0) is 44.2. The van der Waals surface area contributed by atoms with Crippen LogP contribution in [0.4, 0.5) is 5.69 Å². The van der Waals surface area contributed by atoms with Gasteiger partial charge in [-0.2, -0.15) is 0 Å². The number of para-hydroxylation sites is 1. The molecular formula is C50H57NO8S2. The molecule has 4 heterocycles. The minimum Gasteiger partial charge on any atom is -0.489 e. The fourth-order valence-electron chi connectivity index (χ4n) is 5.91. The number of ether oxygens (including phenoxy) is 4. The second-order valence-electron chi connectivity index (χ2n) is 13.6. The molecule has 0 spiro atoms. The molecule has 0 amide bonds. The van der Waals surface area contributed by atoms with Gasteiger partial charge in [-0.25, -0.2) is 0 Å². The molecular weight excluding hydrogens is 807 g/mol. The minimum absolute atomic E-state index is 0.000364. The largest absolute Gasteiger partial charge is 0.489 e. The number of carbonyl (C=O) groups excluding carboxylic acids is 4. The molecule has 4 aliphatic rings. The van der Waals surface area contributed by atoms with Gasteiger partial charge < -0.3 is 23.8 Å². The van der Waals surface area contributed by atoms with Gasteiger partial charge in [-0.05, 0) is 62.4 Å². The van der Waals surface area contributed by atoms with Crippen molar-refractivity contribution in [2.45, 2.75) is 56.5 Å². The summed E-state index contributed by atoms with van der Waals surface area (Å²) in [6.07, 6.45) is 29.2. The van der Waals surface area contributed by atoms with E-state index in [9.17, 15) is 19.2 Å². The summed E-state index contributed by atoms with van der Waals surface area (Å²) in [6, 6.07) is 13.6. The maximum atomic E-state index is 12.3. The lowest BCUT2D eigenvalue weighted by Crippen LogP contribution is -2.30. The zero-order valence-electron chi connectivity index (χ0n) is 35.2. The standard InChI is InChI=1S/C19H23NO3S.C15H14O5S.2C8H10/c1-14-18(12-19(22)24-14)23-13-16(21)11-15-7-3-4-8-17(15)20-9-5-2-6-10-20;1-9-13(6-15(17)21-9)18-7-11(16)4-10-2-3-12-14(5-10)20-8-19-12;2*1-3-5-7-8-6-4-2/h3-4,7-8,12,14H,2,5-6,9-11,13H2,1H3;2-3,5-6,9H,4,7-8H2,1H3;2*3-8H,1-2H2/b;;2*7-5+,8-6+. The maximum absolute atomic E-state index is 12.3. The number of thioether (sulfide) groups is 2. The van der Waals surface area contributed by atoms with Crippen LogP contribution in [0.15, 0.2) is 165 Å². The number of anilines is 1. The summed E-state index contributed by atoms with van der Waals surface area (Å²) >= 11 is 2.43. The van der Waals surface area contributed by atoms with E-state index in [-0.39, 0.29) is 58.7 Å². The van der Waals surface area contributed by atoms with Gasteiger partial charge in [-0.15, -0.1) is 0 Å². The van der Waals surface area contributed by atoms with E-state index in [1.54, 1.807) is 36.4 Å². The number of carbonyl (C=O) groups is 4. The van der Waals surface area contributed by atoms with Gasteiger partial charge in [-0.3, -0.25) is 19.2 Å². The molecule has 0 aromatic heterocycles. The topological polar surface area (TPSA) is 108 Å². The predicted octanol–water partition coefficient (Wildman–Crippen LogP) is 10.4. The molecule has 6 rings (SSSR count). The van der Waals surface area contributed by atoms with Gasteiger partial charge in [0.25, 0.3) is 0 Å². The summed E-state index contributed by atoms with van der Waals surface area (Å²) in [5.74, 6) is 2.54. The minimum atomic E-state index is -0.0497. The van der Waals surface area contributed by atoms with E-state index in [0.29, 0.717) is 29.4 Å². The second kappa shape index (κ2) is 28.6. The van der Waals surface area contributed by atoms with Crippen molar-refractivity contribution < 1.29 is 38.1 Å². The summed E-state index contributed by atoms with van der Waals surface area (Å²) in [6.45, 7) is 20.2. The Bertz CT molecular complexity index is 1950. The average Bonchev–Trinajstić information content (AvgIpc) is 3.96. The molecule has 322 valence electrons. The average molecular weight is 864 g/mol. The van der Waals surface area contributed by atoms with Crippen molar-refractivity contribution in [1.82, 2.24) is 0 Å². The lowest BCUT2D eigenvalue weighted by atomic mass is 10.0. The van der Waals surface area contributed by atoms with Crippen LogP contribution in [-0.4, -0.2) is 65.4 Å². The van der Waals surface area contributed by atoms with E-state index in [0.717, 1.165) is 24.2 Å². The Balaban J connectivity index is 0.000000243. The Hall–Kier alpha value is -5.78. The van der Waals surface area contributed by atoms with Gasteiger partial charge in [0.15, 0.2) is 23.1 Å². The molecule has 9 nitrogen and oxygen atoms in total. The number of fused-ring (bicyclic) bond motifs is 1. The molecule has 1 saturated heterocycles. The Labute approximate surface area is 370 Å². The van der Waals surface area contributed by atoms with Crippen LogP contribution >= 0.6 is 23.5 Å². The number of ketones is 2. The Kier molecular flexibility index (Phi) is 23.3. The molecule has 2 unspecified atom stereocenters. The van der Waals surface area contributed by atoms with Crippen molar-refractivity contribution in [2.75, 3.05) is 38.0 Å². The predicted molar refractivity (Wildman–Crippen MR) is 252 cm³/mol. The lowest BCUT2D eigenvalue weighted by molar-refractivity contribution is -0.122. The first-order valence-corrected chi connectivity index (χ1v) is 21.8. The molecule has 11 heteroatoms. The molecule has 2 aromatic carbocycles. The first kappa shape index (κ1) is 49.6. The normalized spacial score (nSPS) is 17.7. The first-order valence-electron chi connectivity index (χ1n) is 20.1. The van der Waals surface area contributed by atoms with Gasteiger partial charge >= 0.3 is 0 Å². The molecule has 4 aliphatic heterocycles. The maximum Gasteiger partial charge on any atom is 0.231 e. The molecule has 2 atom stereocenters. The SMILES string of the molecule is C=C/C=C/C=C/C=C.C=C/C=C/C=C/C=C.CC1SC(=O)C=C1OCC(=O)Cc1ccc2c(c1)OCO2.CC1SC(=O)C=C1OCC(=O)Cc1ccccc1N1CCCCC1. The smallest absolute Gasteiger partial charge is 0.231 e. The van der Waals surface area contributed by atoms with Crippen LogP contribution < -0.4 is 14.4 Å². The van der Waals surface area contributed by atoms with E-state index in [2.05, 4.69) is 37.3 Å². The van der Waals surface area contributed by atoms with E-state index in [1.165, 1.54) is 60.6 Å². The Morgan fingerprint density at radius 2 is 1.16 bits per heavy atom. The number of hydrogen-bond acceptors (Lipinski definition) is 11. The Morgan fingerprint density at radius 1 is 0.672 bits per heavy atom. The van der Waals surface area contributed by atoms with Crippen molar-refractivity contribution in [1.29, 1.82) is 0 Å². The summed E-state index contributed by atoms with van der Waals surface area (Å²) in [7, 11) is 0. The number of benzene rings is 2. The fraction of sp³-hybridized carbons (Fsp3) is 0.280. The van der Waals surface area contributed by atoms with Crippen LogP contribution in [0.25, 0.3) is 0 Å². The van der Waals surface area contributed by atoms with Crippen LogP contribution in [0.2, 0.25) is 0 Å². The van der Waals surface area contributed by atoms with Crippen molar-refractivity contribution in [3.05, 3.63) is 176 Å². The van der Waals surface area contributed by atoms with Gasteiger partial charge in [0.05, 0.1) is 10.5 Å². The van der Waals surface area contributed by atoms with Gasteiger partial charge in [0, 0.05) is 43.8 Å². The van der Waals surface area contributed by atoms with Crippen molar-refractivity contribution in [2.24, 2.45) is 0 Å². The monoisotopic (exact) mass is 863 g/mol. The number of nitrogens with zero attached hydrogens (tertiary/aromatic N) is 1. The quantitative estimate of drug-likeness (QED) is 0.142. The molecule has 0 radical (unpaired) electrons. The molecule has 0 bridgehead atoms. The van der Waals surface area contributed by atoms with E-state index in [1.807, 2.05) is 86.7 Å². The second-order valence-corrected chi connectivity index (χ2v) is 16.3. The molecule has 61 heavy (non-hydrogen) atoms. The zero-order valence-corrected chi connectivity index (χ0v) is 36.8. The summed E-state index contributed by atoms with van der Waals surface area (Å²) in [5, 5.41) is -0.0390. The van der Waals surface area contributed by atoms with Gasteiger partial charge in [-0.1, -0.05) is 147 Å². The first-order chi connectivity index (χ1) is 29.6. The van der Waals surface area contributed by atoms with Crippen molar-refractivity contribution >= 4 is 51.0 Å². The number of Topliss-reactive ketones (excluding diaryl/α,β-unsaturated/α-hetero) is 2. The van der Waals surface area contributed by atoms with E-state index >= 15 is 0 Å². The Morgan fingerprint density at radius 3 is 1.66 bits per heavy atom. The van der Waals surface area contributed by atoms with E-state index < -0.39 is 0 Å². The van der Waals surface area contributed by atoms with Gasteiger partial charge in [0.2, 0.25) is 17.0 Å².